The van der Waals surface area contributed by atoms with Gasteiger partial charge in [0.05, 0.1) is 0 Å². The van der Waals surface area contributed by atoms with Crippen molar-refractivity contribution in [3.63, 3.8) is 0 Å². The summed E-state index contributed by atoms with van der Waals surface area (Å²) < 4.78 is 5.11. The second-order valence-electron chi connectivity index (χ2n) is 3.11. The van der Waals surface area contributed by atoms with Gasteiger partial charge in [-0.2, -0.15) is 0 Å². The fourth-order valence-corrected chi connectivity index (χ4v) is 1.34. The molecule has 0 heterocycles. The number of methoxy groups -OCH3 is 1. The maximum atomic E-state index is 11.2. The van der Waals surface area contributed by atoms with Crippen LogP contribution in [0.2, 0.25) is 5.02 Å². The lowest BCUT2D eigenvalue weighted by Gasteiger charge is -2.24. The number of halogens is 1. The molecular weight excluding hydrogens is 202 g/mol. The van der Waals surface area contributed by atoms with E-state index in [2.05, 4.69) is 0 Å². The molecule has 0 aliphatic heterocycles. The SMILES string of the molecule is COC(C)(C(N)=O)c1cccc(Cl)c1. The molecule has 0 aliphatic carbocycles. The summed E-state index contributed by atoms with van der Waals surface area (Å²) in [4.78, 5) is 11.2. The summed E-state index contributed by atoms with van der Waals surface area (Å²) in [5.41, 5.74) is 4.79. The quantitative estimate of drug-likeness (QED) is 0.831. The number of carbonyl (C=O) groups is 1. The Hall–Kier alpha value is -1.06. The summed E-state index contributed by atoms with van der Waals surface area (Å²) in [6.45, 7) is 1.61. The predicted octanol–water partition coefficient (Wildman–Crippen LogP) is 1.69. The lowest BCUT2D eigenvalue weighted by molar-refractivity contribution is -0.139. The molecule has 0 saturated heterocycles. The number of primary amides is 1. The van der Waals surface area contributed by atoms with Crippen LogP contribution in [0.3, 0.4) is 0 Å². The van der Waals surface area contributed by atoms with Crippen LogP contribution in [-0.4, -0.2) is 13.0 Å². The Morgan fingerprint density at radius 1 is 1.57 bits per heavy atom. The van der Waals surface area contributed by atoms with Crippen molar-refractivity contribution < 1.29 is 9.53 Å². The summed E-state index contributed by atoms with van der Waals surface area (Å²) in [7, 11) is 1.44. The van der Waals surface area contributed by atoms with Crippen LogP contribution in [0.4, 0.5) is 0 Å². The smallest absolute Gasteiger partial charge is 0.254 e. The topological polar surface area (TPSA) is 52.3 Å². The first kappa shape index (κ1) is 11.0. The minimum absolute atomic E-state index is 0.540. The Labute approximate surface area is 87.8 Å². The lowest BCUT2D eigenvalue weighted by Crippen LogP contribution is -2.40. The number of carbonyl (C=O) groups excluding carboxylic acids is 1. The number of benzene rings is 1. The first-order valence-corrected chi connectivity index (χ1v) is 4.49. The van der Waals surface area contributed by atoms with E-state index >= 15 is 0 Å². The molecule has 1 atom stereocenters. The Morgan fingerprint density at radius 3 is 2.64 bits per heavy atom. The Balaban J connectivity index is 3.19. The van der Waals surface area contributed by atoms with E-state index in [1.165, 1.54) is 7.11 Å². The highest BCUT2D eigenvalue weighted by Crippen LogP contribution is 2.26. The fraction of sp³-hybridized carbons (Fsp3) is 0.300. The highest BCUT2D eigenvalue weighted by molar-refractivity contribution is 6.30. The molecule has 0 aromatic heterocycles. The molecule has 0 radical (unpaired) electrons. The van der Waals surface area contributed by atoms with Crippen molar-refractivity contribution in [2.24, 2.45) is 5.73 Å². The molecule has 3 nitrogen and oxygen atoms in total. The van der Waals surface area contributed by atoms with Crippen molar-refractivity contribution in [2.75, 3.05) is 7.11 Å². The third-order valence-corrected chi connectivity index (χ3v) is 2.49. The van der Waals surface area contributed by atoms with E-state index in [0.717, 1.165) is 0 Å². The molecule has 0 aliphatic rings. The van der Waals surface area contributed by atoms with Gasteiger partial charge in [0.1, 0.15) is 0 Å². The van der Waals surface area contributed by atoms with E-state index in [-0.39, 0.29) is 0 Å². The summed E-state index contributed by atoms with van der Waals surface area (Å²) in [6.07, 6.45) is 0. The van der Waals surface area contributed by atoms with Crippen molar-refractivity contribution >= 4 is 17.5 Å². The first-order valence-electron chi connectivity index (χ1n) is 4.12. The summed E-state index contributed by atoms with van der Waals surface area (Å²) in [5, 5.41) is 0.548. The second-order valence-corrected chi connectivity index (χ2v) is 3.55. The van der Waals surface area contributed by atoms with E-state index in [1.54, 1.807) is 31.2 Å². The molecule has 4 heteroatoms. The molecule has 0 saturated carbocycles. The van der Waals surface area contributed by atoms with Gasteiger partial charge in [-0.1, -0.05) is 23.7 Å². The van der Waals surface area contributed by atoms with Crippen molar-refractivity contribution in [2.45, 2.75) is 12.5 Å². The van der Waals surface area contributed by atoms with Crippen LogP contribution in [0, 0.1) is 0 Å². The molecule has 76 valence electrons. The van der Waals surface area contributed by atoms with Gasteiger partial charge in [-0.3, -0.25) is 4.79 Å². The van der Waals surface area contributed by atoms with Gasteiger partial charge >= 0.3 is 0 Å². The van der Waals surface area contributed by atoms with E-state index in [9.17, 15) is 4.79 Å². The van der Waals surface area contributed by atoms with E-state index < -0.39 is 11.5 Å². The summed E-state index contributed by atoms with van der Waals surface area (Å²) >= 11 is 5.80. The van der Waals surface area contributed by atoms with Crippen molar-refractivity contribution in [1.82, 2.24) is 0 Å². The highest BCUT2D eigenvalue weighted by Gasteiger charge is 2.32. The number of ether oxygens (including phenoxy) is 1. The maximum Gasteiger partial charge on any atom is 0.254 e. The van der Waals surface area contributed by atoms with Crippen LogP contribution in [0.25, 0.3) is 0 Å². The van der Waals surface area contributed by atoms with Gasteiger partial charge in [0.25, 0.3) is 5.91 Å². The third kappa shape index (κ3) is 1.89. The van der Waals surface area contributed by atoms with Gasteiger partial charge in [0.15, 0.2) is 5.60 Å². The molecule has 1 amide bonds. The van der Waals surface area contributed by atoms with Gasteiger partial charge in [-0.25, -0.2) is 0 Å². The molecule has 1 aromatic rings. The van der Waals surface area contributed by atoms with Gasteiger partial charge in [-0.15, -0.1) is 0 Å². The number of nitrogens with two attached hydrogens (primary N) is 1. The molecule has 1 unspecified atom stereocenters. The fourth-order valence-electron chi connectivity index (χ4n) is 1.15. The number of hydrogen-bond donors (Lipinski definition) is 1. The molecule has 0 bridgehead atoms. The highest BCUT2D eigenvalue weighted by atomic mass is 35.5. The third-order valence-electron chi connectivity index (χ3n) is 2.25. The van der Waals surface area contributed by atoms with Crippen molar-refractivity contribution in [3.05, 3.63) is 34.9 Å². The lowest BCUT2D eigenvalue weighted by atomic mass is 9.95. The Bertz CT molecular complexity index is 354. The normalized spacial score (nSPS) is 14.8. The average molecular weight is 214 g/mol. The minimum atomic E-state index is -1.12. The summed E-state index contributed by atoms with van der Waals surface area (Å²) in [5.74, 6) is -0.540. The van der Waals surface area contributed by atoms with Crippen molar-refractivity contribution in [3.8, 4) is 0 Å². The van der Waals surface area contributed by atoms with Gasteiger partial charge in [0.2, 0.25) is 0 Å². The molecule has 0 fully saturated rings. The Morgan fingerprint density at radius 2 is 2.21 bits per heavy atom. The Kier molecular flexibility index (Phi) is 3.13. The zero-order valence-electron chi connectivity index (χ0n) is 8.08. The van der Waals surface area contributed by atoms with Crippen LogP contribution in [0.5, 0.6) is 0 Å². The van der Waals surface area contributed by atoms with Gasteiger partial charge in [-0.05, 0) is 24.6 Å². The van der Waals surface area contributed by atoms with Crippen LogP contribution < -0.4 is 5.73 Å². The second kappa shape index (κ2) is 3.98. The zero-order valence-corrected chi connectivity index (χ0v) is 8.84. The molecule has 1 aromatic carbocycles. The van der Waals surface area contributed by atoms with E-state index in [1.807, 2.05) is 0 Å². The monoisotopic (exact) mass is 213 g/mol. The number of amides is 1. The molecular formula is C10H12ClNO2. The predicted molar refractivity (Wildman–Crippen MR) is 55.0 cm³/mol. The van der Waals surface area contributed by atoms with Crippen LogP contribution in [0.15, 0.2) is 24.3 Å². The standard InChI is InChI=1S/C10H12ClNO2/c1-10(14-2,9(12)13)7-4-3-5-8(11)6-7/h3-6H,1-2H3,(H2,12,13). The van der Waals surface area contributed by atoms with Crippen LogP contribution in [0.1, 0.15) is 12.5 Å². The average Bonchev–Trinajstić information content (AvgIpc) is 2.16. The molecule has 1 rings (SSSR count). The first-order chi connectivity index (χ1) is 6.50. The van der Waals surface area contributed by atoms with Crippen molar-refractivity contribution in [1.29, 1.82) is 0 Å². The largest absolute Gasteiger partial charge is 0.367 e. The van der Waals surface area contributed by atoms with Crippen LogP contribution >= 0.6 is 11.6 Å². The minimum Gasteiger partial charge on any atom is -0.367 e. The molecule has 14 heavy (non-hydrogen) atoms. The molecule has 0 spiro atoms. The van der Waals surface area contributed by atoms with Gasteiger partial charge in [0, 0.05) is 12.1 Å². The number of rotatable bonds is 3. The zero-order chi connectivity index (χ0) is 10.8. The van der Waals surface area contributed by atoms with E-state index in [0.29, 0.717) is 10.6 Å². The summed E-state index contributed by atoms with van der Waals surface area (Å²) in [6, 6.07) is 6.88. The molecule has 2 N–H and O–H groups in total. The van der Waals surface area contributed by atoms with E-state index in [4.69, 9.17) is 22.1 Å². The van der Waals surface area contributed by atoms with Crippen LogP contribution in [-0.2, 0) is 15.1 Å². The van der Waals surface area contributed by atoms with Gasteiger partial charge < -0.3 is 10.5 Å². The number of hydrogen-bond acceptors (Lipinski definition) is 2. The maximum absolute atomic E-state index is 11.2.